The van der Waals surface area contributed by atoms with E-state index in [4.69, 9.17) is 12.2 Å². The van der Waals surface area contributed by atoms with Gasteiger partial charge in [-0.15, -0.1) is 11.3 Å². The van der Waals surface area contributed by atoms with E-state index in [-0.39, 0.29) is 0 Å². The van der Waals surface area contributed by atoms with Gasteiger partial charge in [0.15, 0.2) is 3.95 Å². The number of aromatic amines is 1. The van der Waals surface area contributed by atoms with E-state index in [1.807, 2.05) is 18.2 Å². The van der Waals surface area contributed by atoms with Crippen molar-refractivity contribution in [3.05, 3.63) is 28.2 Å². The average Bonchev–Trinajstić information content (AvgIpc) is 3.17. The van der Waals surface area contributed by atoms with Crippen LogP contribution in [0.4, 0.5) is 0 Å². The molecular weight excluding hydrogens is 392 g/mol. The number of hydrogen-bond donors (Lipinski definition) is 1. The molecule has 1 heterocycles. The van der Waals surface area contributed by atoms with Crippen molar-refractivity contribution in [2.75, 3.05) is 0 Å². The van der Waals surface area contributed by atoms with Gasteiger partial charge in [-0.1, -0.05) is 69.9 Å². The lowest BCUT2D eigenvalue weighted by Crippen LogP contribution is -2.51. The third-order valence-electron chi connectivity index (χ3n) is 7.32. The van der Waals surface area contributed by atoms with Gasteiger partial charge in [0.05, 0.1) is 10.2 Å². The van der Waals surface area contributed by atoms with Gasteiger partial charge in [0.25, 0.3) is 0 Å². The molecule has 3 fully saturated rings. The van der Waals surface area contributed by atoms with Crippen LogP contribution in [0.1, 0.15) is 96.3 Å². The van der Waals surface area contributed by atoms with Gasteiger partial charge in [-0.25, -0.2) is 0 Å². The van der Waals surface area contributed by atoms with Crippen molar-refractivity contribution >= 4 is 33.8 Å². The molecule has 5 rings (SSSR count). The maximum atomic E-state index is 4.98. The van der Waals surface area contributed by atoms with E-state index in [9.17, 15) is 0 Å². The summed E-state index contributed by atoms with van der Waals surface area (Å²) in [7, 11) is 0. The molecule has 29 heavy (non-hydrogen) atoms. The number of H-pyrrole nitrogens is 1. The van der Waals surface area contributed by atoms with Crippen molar-refractivity contribution in [1.29, 1.82) is 0 Å². The normalized spacial score (nSPS) is 22.5. The molecule has 0 amide bonds. The Bertz CT molecular complexity index is 698. The summed E-state index contributed by atoms with van der Waals surface area (Å²) in [5.41, 5.74) is 1.14. The van der Waals surface area contributed by atoms with Crippen LogP contribution in [0.25, 0.3) is 10.2 Å². The Kier molecular flexibility index (Phi) is 8.21. The third kappa shape index (κ3) is 5.92. The van der Waals surface area contributed by atoms with Crippen LogP contribution in [0.15, 0.2) is 24.3 Å². The summed E-state index contributed by atoms with van der Waals surface area (Å²) < 4.78 is 2.08. The zero-order valence-corrected chi connectivity index (χ0v) is 19.5. The highest BCUT2D eigenvalue weighted by Crippen LogP contribution is 2.35. The topological polar surface area (TPSA) is 19.0 Å². The first-order chi connectivity index (χ1) is 14.3. The minimum absolute atomic E-state index is 0.848. The molecule has 2 aromatic rings. The minimum Gasteiger partial charge on any atom is -0.337 e. The van der Waals surface area contributed by atoms with Gasteiger partial charge < -0.3 is 4.98 Å². The van der Waals surface area contributed by atoms with Crippen molar-refractivity contribution in [3.63, 3.8) is 0 Å². The summed E-state index contributed by atoms with van der Waals surface area (Å²) in [6.07, 6.45) is 22.5. The Balaban J connectivity index is 0.000000171. The van der Waals surface area contributed by atoms with Gasteiger partial charge in [0.1, 0.15) is 0 Å². The molecule has 4 heteroatoms. The van der Waals surface area contributed by atoms with Crippen molar-refractivity contribution in [3.8, 4) is 0 Å². The number of para-hydroxylation sites is 1. The second-order valence-corrected chi connectivity index (χ2v) is 11.1. The quantitative estimate of drug-likeness (QED) is 0.494. The largest absolute Gasteiger partial charge is 0.337 e. The minimum atomic E-state index is 0.848. The van der Waals surface area contributed by atoms with Crippen LogP contribution in [0, 0.1) is 3.95 Å². The first-order valence-electron chi connectivity index (χ1n) is 12.2. The fourth-order valence-electron chi connectivity index (χ4n) is 5.93. The van der Waals surface area contributed by atoms with Gasteiger partial charge in [-0.3, -0.25) is 4.90 Å². The van der Waals surface area contributed by atoms with Gasteiger partial charge in [0, 0.05) is 18.1 Å². The Hall–Kier alpha value is -0.710. The molecule has 0 radical (unpaired) electrons. The summed E-state index contributed by atoms with van der Waals surface area (Å²) >= 11 is 6.59. The van der Waals surface area contributed by atoms with E-state index in [2.05, 4.69) is 16.0 Å². The lowest BCUT2D eigenvalue weighted by atomic mass is 9.84. The number of fused-ring (bicyclic) bond motifs is 1. The van der Waals surface area contributed by atoms with E-state index in [1.165, 1.54) is 101 Å². The highest BCUT2D eigenvalue weighted by molar-refractivity contribution is 7.73. The summed E-state index contributed by atoms with van der Waals surface area (Å²) in [6, 6.07) is 11.0. The van der Waals surface area contributed by atoms with E-state index in [1.54, 1.807) is 11.3 Å². The van der Waals surface area contributed by atoms with E-state index < -0.39 is 0 Å². The summed E-state index contributed by atoms with van der Waals surface area (Å²) in [5.74, 6) is 0. The van der Waals surface area contributed by atoms with E-state index in [0.29, 0.717) is 0 Å². The Labute approximate surface area is 186 Å². The van der Waals surface area contributed by atoms with Gasteiger partial charge in [-0.2, -0.15) is 0 Å². The summed E-state index contributed by atoms with van der Waals surface area (Å²) in [5, 5.41) is 0. The molecule has 1 aromatic carbocycles. The van der Waals surface area contributed by atoms with E-state index in [0.717, 1.165) is 27.6 Å². The molecule has 3 aliphatic rings. The van der Waals surface area contributed by atoms with Crippen LogP contribution < -0.4 is 0 Å². The van der Waals surface area contributed by atoms with Gasteiger partial charge >= 0.3 is 0 Å². The average molecular weight is 431 g/mol. The molecule has 3 aliphatic carbocycles. The standard InChI is InChI=1S/C18H33N.C7H5NS2/c1-4-10-16(11-5-1)19(17-12-6-2-7-13-17)18-14-8-3-9-15-18;9-7-8-5-3-1-2-4-6(5)10-7/h16-18H,1-15H2;1-4H,(H,8,9). The van der Waals surface area contributed by atoms with Crippen LogP contribution in [-0.2, 0) is 0 Å². The molecule has 0 saturated heterocycles. The van der Waals surface area contributed by atoms with Crippen molar-refractivity contribution in [2.45, 2.75) is 114 Å². The molecule has 2 nitrogen and oxygen atoms in total. The lowest BCUT2D eigenvalue weighted by molar-refractivity contribution is 0.0221. The van der Waals surface area contributed by atoms with Gasteiger partial charge in [-0.05, 0) is 62.9 Å². The number of aromatic nitrogens is 1. The Morgan fingerprint density at radius 1 is 0.690 bits per heavy atom. The molecule has 0 unspecified atom stereocenters. The van der Waals surface area contributed by atoms with Crippen LogP contribution in [0.2, 0.25) is 0 Å². The first-order valence-corrected chi connectivity index (χ1v) is 13.4. The summed E-state index contributed by atoms with van der Waals surface area (Å²) in [4.78, 5) is 6.17. The smallest absolute Gasteiger partial charge is 0.159 e. The predicted octanol–water partition coefficient (Wildman–Crippen LogP) is 8.25. The van der Waals surface area contributed by atoms with Crippen molar-refractivity contribution in [1.82, 2.24) is 9.88 Å². The molecule has 1 aromatic heterocycles. The van der Waals surface area contributed by atoms with Crippen LogP contribution in [0.3, 0.4) is 0 Å². The van der Waals surface area contributed by atoms with Crippen LogP contribution in [-0.4, -0.2) is 28.0 Å². The fourth-order valence-corrected chi connectivity index (χ4v) is 7.04. The SMILES string of the molecule is C1CCC(N(C2CCCCC2)C2CCCCC2)CC1.S=c1[nH]c2ccccc2s1. The molecule has 160 valence electrons. The monoisotopic (exact) mass is 430 g/mol. The number of hydrogen-bond acceptors (Lipinski definition) is 3. The molecule has 0 aliphatic heterocycles. The number of thiazole rings is 1. The van der Waals surface area contributed by atoms with Crippen molar-refractivity contribution in [2.24, 2.45) is 0 Å². The number of rotatable bonds is 3. The number of nitrogens with one attached hydrogen (secondary N) is 1. The maximum absolute atomic E-state index is 4.98. The number of benzene rings is 1. The maximum Gasteiger partial charge on any atom is 0.159 e. The molecule has 0 atom stereocenters. The predicted molar refractivity (Wildman–Crippen MR) is 129 cm³/mol. The third-order valence-corrected chi connectivity index (χ3v) is 8.53. The second kappa shape index (κ2) is 11.1. The highest BCUT2D eigenvalue weighted by atomic mass is 32.1. The van der Waals surface area contributed by atoms with Crippen molar-refractivity contribution < 1.29 is 0 Å². The zero-order chi connectivity index (χ0) is 19.9. The van der Waals surface area contributed by atoms with Crippen LogP contribution >= 0.6 is 23.6 Å². The molecule has 3 saturated carbocycles. The first kappa shape index (κ1) is 21.5. The van der Waals surface area contributed by atoms with E-state index >= 15 is 0 Å². The second-order valence-electron chi connectivity index (χ2n) is 9.33. The van der Waals surface area contributed by atoms with Gasteiger partial charge in [0.2, 0.25) is 0 Å². The Morgan fingerprint density at radius 2 is 1.14 bits per heavy atom. The molecule has 0 bridgehead atoms. The lowest BCUT2D eigenvalue weighted by Gasteiger charge is -2.47. The van der Waals surface area contributed by atoms with Crippen LogP contribution in [0.5, 0.6) is 0 Å². The molecular formula is C25H38N2S2. The summed E-state index contributed by atoms with van der Waals surface area (Å²) in [6.45, 7) is 0. The molecule has 1 N–H and O–H groups in total. The zero-order valence-electron chi connectivity index (χ0n) is 17.9. The molecule has 0 spiro atoms. The Morgan fingerprint density at radius 3 is 1.59 bits per heavy atom. The fraction of sp³-hybridized carbons (Fsp3) is 0.720. The number of nitrogens with zero attached hydrogens (tertiary/aromatic N) is 1. The highest BCUT2D eigenvalue weighted by Gasteiger charge is 2.34.